The van der Waals surface area contributed by atoms with Crippen LogP contribution >= 0.6 is 11.6 Å². The number of amides is 1. The number of nitrogens with one attached hydrogen (secondary N) is 1. The van der Waals surface area contributed by atoms with Crippen LogP contribution in [0.2, 0.25) is 5.02 Å². The van der Waals surface area contributed by atoms with Crippen LogP contribution in [0.5, 0.6) is 0 Å². The van der Waals surface area contributed by atoms with E-state index in [0.29, 0.717) is 6.04 Å². The first-order valence-corrected chi connectivity index (χ1v) is 6.96. The van der Waals surface area contributed by atoms with Gasteiger partial charge >= 0.3 is 0 Å². The fourth-order valence-corrected chi connectivity index (χ4v) is 2.66. The summed E-state index contributed by atoms with van der Waals surface area (Å²) < 4.78 is 0. The largest absolute Gasteiger partial charge is 0.399 e. The van der Waals surface area contributed by atoms with Crippen molar-refractivity contribution in [1.29, 1.82) is 0 Å². The van der Waals surface area contributed by atoms with E-state index >= 15 is 0 Å². The maximum Gasteiger partial charge on any atom is 0.217 e. The number of piperidine rings is 1. The van der Waals surface area contributed by atoms with Gasteiger partial charge in [-0.05, 0) is 36.6 Å². The van der Waals surface area contributed by atoms with Crippen LogP contribution in [0, 0.1) is 0 Å². The van der Waals surface area contributed by atoms with Crippen molar-refractivity contribution in [2.45, 2.75) is 32.4 Å². The number of benzene rings is 1. The summed E-state index contributed by atoms with van der Waals surface area (Å²) in [5.41, 5.74) is 7.60. The Balaban J connectivity index is 1.88. The standard InChI is InChI=1S/C14H20ClN3O/c1-10(19)17-13-4-6-18(7-5-13)9-11-8-12(16)2-3-14(11)15/h2-3,8,13H,4-7,9,16H2,1H3,(H,17,19). The third-order valence-electron chi connectivity index (χ3n) is 3.46. The topological polar surface area (TPSA) is 58.4 Å². The lowest BCUT2D eigenvalue weighted by molar-refractivity contribution is -0.119. The summed E-state index contributed by atoms with van der Waals surface area (Å²) in [6, 6.07) is 5.90. The average molecular weight is 282 g/mol. The van der Waals surface area contributed by atoms with E-state index in [1.54, 1.807) is 6.92 Å². The van der Waals surface area contributed by atoms with Crippen LogP contribution in [0.25, 0.3) is 0 Å². The van der Waals surface area contributed by atoms with Crippen molar-refractivity contribution in [2.24, 2.45) is 0 Å². The van der Waals surface area contributed by atoms with Crippen LogP contribution in [-0.4, -0.2) is 29.9 Å². The van der Waals surface area contributed by atoms with E-state index in [4.69, 9.17) is 17.3 Å². The van der Waals surface area contributed by atoms with E-state index < -0.39 is 0 Å². The number of likely N-dealkylation sites (tertiary alicyclic amines) is 1. The summed E-state index contributed by atoms with van der Waals surface area (Å²) in [5.74, 6) is 0.0531. The number of nitrogens with two attached hydrogens (primary N) is 1. The molecular weight excluding hydrogens is 262 g/mol. The summed E-state index contributed by atoms with van der Waals surface area (Å²) in [6.45, 7) is 4.32. The Kier molecular flexibility index (Phi) is 4.66. The Morgan fingerprint density at radius 2 is 2.16 bits per heavy atom. The minimum atomic E-state index is 0.0531. The Morgan fingerprint density at radius 1 is 1.47 bits per heavy atom. The highest BCUT2D eigenvalue weighted by Gasteiger charge is 2.20. The van der Waals surface area contributed by atoms with Crippen LogP contribution in [-0.2, 0) is 11.3 Å². The molecule has 0 saturated carbocycles. The fourth-order valence-electron chi connectivity index (χ4n) is 2.48. The first-order chi connectivity index (χ1) is 9.04. The zero-order chi connectivity index (χ0) is 13.8. The van der Waals surface area contributed by atoms with Crippen molar-refractivity contribution in [1.82, 2.24) is 10.2 Å². The minimum absolute atomic E-state index is 0.0531. The highest BCUT2D eigenvalue weighted by Crippen LogP contribution is 2.22. The summed E-state index contributed by atoms with van der Waals surface area (Å²) >= 11 is 6.17. The molecule has 1 heterocycles. The first-order valence-electron chi connectivity index (χ1n) is 6.58. The molecule has 0 unspecified atom stereocenters. The van der Waals surface area contributed by atoms with Gasteiger partial charge in [-0.2, -0.15) is 0 Å². The molecule has 0 spiro atoms. The average Bonchev–Trinajstić information content (AvgIpc) is 2.35. The van der Waals surface area contributed by atoms with Crippen molar-refractivity contribution in [3.05, 3.63) is 28.8 Å². The molecule has 1 saturated heterocycles. The van der Waals surface area contributed by atoms with Gasteiger partial charge in [0, 0.05) is 43.3 Å². The number of nitrogen functional groups attached to an aromatic ring is 1. The molecule has 1 fully saturated rings. The van der Waals surface area contributed by atoms with Crippen molar-refractivity contribution < 1.29 is 4.79 Å². The Morgan fingerprint density at radius 3 is 2.79 bits per heavy atom. The number of anilines is 1. The molecule has 5 heteroatoms. The molecule has 1 amide bonds. The van der Waals surface area contributed by atoms with E-state index in [1.807, 2.05) is 18.2 Å². The van der Waals surface area contributed by atoms with E-state index in [1.165, 1.54) is 0 Å². The molecule has 1 aromatic carbocycles. The zero-order valence-electron chi connectivity index (χ0n) is 11.2. The Labute approximate surface area is 118 Å². The number of hydrogen-bond donors (Lipinski definition) is 2. The van der Waals surface area contributed by atoms with Crippen LogP contribution in [0.15, 0.2) is 18.2 Å². The lowest BCUT2D eigenvalue weighted by Gasteiger charge is -2.32. The predicted octanol–water partition coefficient (Wildman–Crippen LogP) is 2.02. The number of carbonyl (C=O) groups excluding carboxylic acids is 1. The number of carbonyl (C=O) groups is 1. The first kappa shape index (κ1) is 14.2. The maximum absolute atomic E-state index is 11.0. The van der Waals surface area contributed by atoms with Crippen LogP contribution in [0.3, 0.4) is 0 Å². The predicted molar refractivity (Wildman–Crippen MR) is 78.0 cm³/mol. The Bertz CT molecular complexity index is 456. The molecule has 0 atom stereocenters. The molecule has 0 bridgehead atoms. The molecule has 0 aliphatic carbocycles. The molecule has 1 aliphatic rings. The van der Waals surface area contributed by atoms with Crippen molar-refractivity contribution in [2.75, 3.05) is 18.8 Å². The molecule has 2 rings (SSSR count). The van der Waals surface area contributed by atoms with Gasteiger partial charge in [0.25, 0.3) is 0 Å². The lowest BCUT2D eigenvalue weighted by atomic mass is 10.0. The molecule has 0 aromatic heterocycles. The fraction of sp³-hybridized carbons (Fsp3) is 0.500. The molecule has 0 radical (unpaired) electrons. The lowest BCUT2D eigenvalue weighted by Crippen LogP contribution is -2.43. The van der Waals surface area contributed by atoms with Gasteiger partial charge in [0.15, 0.2) is 0 Å². The van der Waals surface area contributed by atoms with Gasteiger partial charge in [0.1, 0.15) is 0 Å². The summed E-state index contributed by atoms with van der Waals surface area (Å²) in [5, 5.41) is 3.74. The van der Waals surface area contributed by atoms with Gasteiger partial charge in [0.05, 0.1) is 0 Å². The van der Waals surface area contributed by atoms with E-state index in [9.17, 15) is 4.79 Å². The second-order valence-corrected chi connectivity index (χ2v) is 5.51. The minimum Gasteiger partial charge on any atom is -0.399 e. The summed E-state index contributed by atoms with van der Waals surface area (Å²) in [6.07, 6.45) is 1.97. The molecule has 3 N–H and O–H groups in total. The molecule has 1 aromatic rings. The van der Waals surface area contributed by atoms with Crippen LogP contribution in [0.4, 0.5) is 5.69 Å². The van der Waals surface area contributed by atoms with Gasteiger partial charge in [-0.25, -0.2) is 0 Å². The molecule has 4 nitrogen and oxygen atoms in total. The zero-order valence-corrected chi connectivity index (χ0v) is 11.9. The van der Waals surface area contributed by atoms with Crippen molar-refractivity contribution >= 4 is 23.2 Å². The Hall–Kier alpha value is -1.26. The van der Waals surface area contributed by atoms with Crippen molar-refractivity contribution in [3.63, 3.8) is 0 Å². The quantitative estimate of drug-likeness (QED) is 0.834. The monoisotopic (exact) mass is 281 g/mol. The normalized spacial score (nSPS) is 17.4. The maximum atomic E-state index is 11.0. The molecule has 19 heavy (non-hydrogen) atoms. The third kappa shape index (κ3) is 4.11. The number of halogens is 1. The third-order valence-corrected chi connectivity index (χ3v) is 3.83. The number of rotatable bonds is 3. The smallest absolute Gasteiger partial charge is 0.217 e. The second kappa shape index (κ2) is 6.26. The molecular formula is C14H20ClN3O. The number of hydrogen-bond acceptors (Lipinski definition) is 3. The van der Waals surface area contributed by atoms with E-state index in [0.717, 1.165) is 48.7 Å². The highest BCUT2D eigenvalue weighted by molar-refractivity contribution is 6.31. The van der Waals surface area contributed by atoms with Gasteiger partial charge < -0.3 is 11.1 Å². The van der Waals surface area contributed by atoms with Crippen molar-refractivity contribution in [3.8, 4) is 0 Å². The highest BCUT2D eigenvalue weighted by atomic mass is 35.5. The number of nitrogens with zero attached hydrogens (tertiary/aromatic N) is 1. The van der Waals surface area contributed by atoms with E-state index in [2.05, 4.69) is 10.2 Å². The SMILES string of the molecule is CC(=O)NC1CCN(Cc2cc(N)ccc2Cl)CC1. The van der Waals surface area contributed by atoms with Crippen LogP contribution in [0.1, 0.15) is 25.3 Å². The van der Waals surface area contributed by atoms with E-state index in [-0.39, 0.29) is 5.91 Å². The van der Waals surface area contributed by atoms with Gasteiger partial charge in [-0.3, -0.25) is 9.69 Å². The van der Waals surface area contributed by atoms with Gasteiger partial charge in [-0.1, -0.05) is 11.6 Å². The summed E-state index contributed by atoms with van der Waals surface area (Å²) in [4.78, 5) is 13.4. The van der Waals surface area contributed by atoms with Crippen LogP contribution < -0.4 is 11.1 Å². The molecule has 104 valence electrons. The molecule has 1 aliphatic heterocycles. The van der Waals surface area contributed by atoms with Gasteiger partial charge in [0.2, 0.25) is 5.91 Å². The second-order valence-electron chi connectivity index (χ2n) is 5.10. The van der Waals surface area contributed by atoms with Gasteiger partial charge in [-0.15, -0.1) is 0 Å². The summed E-state index contributed by atoms with van der Waals surface area (Å²) in [7, 11) is 0.